The molecule has 0 spiro atoms. The zero-order chi connectivity index (χ0) is 12.4. The third-order valence-corrected chi connectivity index (χ3v) is 3.94. The van der Waals surface area contributed by atoms with Gasteiger partial charge in [0.1, 0.15) is 5.82 Å². The van der Waals surface area contributed by atoms with E-state index in [4.69, 9.17) is 0 Å². The van der Waals surface area contributed by atoms with Crippen molar-refractivity contribution >= 4 is 15.9 Å². The largest absolute Gasteiger partial charge is 0.312 e. The van der Waals surface area contributed by atoms with Crippen molar-refractivity contribution in [2.24, 2.45) is 0 Å². The summed E-state index contributed by atoms with van der Waals surface area (Å²) in [5.74, 6) is 0.905. The van der Waals surface area contributed by atoms with Gasteiger partial charge in [0.25, 0.3) is 0 Å². The van der Waals surface area contributed by atoms with Crippen LogP contribution in [0.5, 0.6) is 0 Å². The van der Waals surface area contributed by atoms with Gasteiger partial charge in [-0.1, -0.05) is 34.1 Å². The van der Waals surface area contributed by atoms with Crippen LogP contribution < -0.4 is 5.32 Å². The Balaban J connectivity index is 1.87. The van der Waals surface area contributed by atoms with E-state index in [1.165, 1.54) is 16.8 Å². The molecule has 0 bridgehead atoms. The van der Waals surface area contributed by atoms with Crippen LogP contribution in [0.25, 0.3) is 0 Å². The highest BCUT2D eigenvalue weighted by Crippen LogP contribution is 2.19. The Morgan fingerprint density at radius 2 is 2.17 bits per heavy atom. The number of aromatic nitrogens is 2. The summed E-state index contributed by atoms with van der Waals surface area (Å²) in [5, 5.41) is 3.33. The van der Waals surface area contributed by atoms with Gasteiger partial charge in [0.15, 0.2) is 0 Å². The van der Waals surface area contributed by atoms with Crippen molar-refractivity contribution in [1.82, 2.24) is 15.3 Å². The van der Waals surface area contributed by atoms with E-state index in [2.05, 4.69) is 43.3 Å². The lowest BCUT2D eigenvalue weighted by atomic mass is 10.1. The molecule has 1 aliphatic rings. The first-order valence-corrected chi connectivity index (χ1v) is 6.90. The average molecular weight is 304 g/mol. The van der Waals surface area contributed by atoms with Gasteiger partial charge in [-0.05, 0) is 11.6 Å². The second kappa shape index (κ2) is 5.16. The SMILES string of the molecule is Brc1ccccc1Cc1ncc2c(n1)CCNC2. The Labute approximate surface area is 115 Å². The van der Waals surface area contributed by atoms with E-state index in [1.54, 1.807) is 0 Å². The maximum Gasteiger partial charge on any atom is 0.132 e. The van der Waals surface area contributed by atoms with Crippen LogP contribution >= 0.6 is 15.9 Å². The molecule has 0 amide bonds. The summed E-state index contributed by atoms with van der Waals surface area (Å²) in [6, 6.07) is 8.22. The van der Waals surface area contributed by atoms with Crippen LogP contribution in [0, 0.1) is 0 Å². The number of nitrogens with one attached hydrogen (secondary N) is 1. The first-order chi connectivity index (χ1) is 8.83. The Morgan fingerprint density at radius 1 is 1.28 bits per heavy atom. The second-order valence-corrected chi connectivity index (χ2v) is 5.31. The van der Waals surface area contributed by atoms with E-state index in [0.717, 1.165) is 36.2 Å². The van der Waals surface area contributed by atoms with Crippen molar-refractivity contribution in [2.75, 3.05) is 6.54 Å². The van der Waals surface area contributed by atoms with Crippen LogP contribution in [0.3, 0.4) is 0 Å². The summed E-state index contributed by atoms with van der Waals surface area (Å²) in [4.78, 5) is 9.13. The van der Waals surface area contributed by atoms with Crippen molar-refractivity contribution in [1.29, 1.82) is 0 Å². The maximum absolute atomic E-state index is 4.68. The molecule has 1 N–H and O–H groups in total. The molecule has 1 aromatic carbocycles. The van der Waals surface area contributed by atoms with Gasteiger partial charge in [-0.25, -0.2) is 9.97 Å². The molecular weight excluding hydrogens is 290 g/mol. The van der Waals surface area contributed by atoms with Gasteiger partial charge in [0, 0.05) is 47.9 Å². The third-order valence-electron chi connectivity index (χ3n) is 3.16. The monoisotopic (exact) mass is 303 g/mol. The Hall–Kier alpha value is -1.26. The van der Waals surface area contributed by atoms with E-state index >= 15 is 0 Å². The van der Waals surface area contributed by atoms with Crippen molar-refractivity contribution in [3.8, 4) is 0 Å². The highest BCUT2D eigenvalue weighted by Gasteiger charge is 2.12. The Morgan fingerprint density at radius 3 is 3.06 bits per heavy atom. The fraction of sp³-hybridized carbons (Fsp3) is 0.286. The molecule has 1 aromatic heterocycles. The first-order valence-electron chi connectivity index (χ1n) is 6.11. The maximum atomic E-state index is 4.68. The van der Waals surface area contributed by atoms with Crippen LogP contribution in [0.1, 0.15) is 22.6 Å². The minimum Gasteiger partial charge on any atom is -0.312 e. The summed E-state index contributed by atoms with van der Waals surface area (Å²) in [5.41, 5.74) is 3.66. The van der Waals surface area contributed by atoms with E-state index in [9.17, 15) is 0 Å². The van der Waals surface area contributed by atoms with Crippen LogP contribution in [0.4, 0.5) is 0 Å². The van der Waals surface area contributed by atoms with Gasteiger partial charge < -0.3 is 5.32 Å². The van der Waals surface area contributed by atoms with Crippen molar-refractivity contribution < 1.29 is 0 Å². The summed E-state index contributed by atoms with van der Waals surface area (Å²) < 4.78 is 1.12. The lowest BCUT2D eigenvalue weighted by molar-refractivity contribution is 0.621. The zero-order valence-electron chi connectivity index (χ0n) is 9.99. The number of nitrogens with zero attached hydrogens (tertiary/aromatic N) is 2. The standard InChI is InChI=1S/C14H14BrN3/c15-12-4-2-1-3-10(12)7-14-17-9-11-8-16-6-5-13(11)18-14/h1-4,9,16H,5-8H2. The molecule has 2 heterocycles. The molecule has 0 saturated carbocycles. The molecule has 0 radical (unpaired) electrons. The van der Waals surface area contributed by atoms with Crippen LogP contribution in [-0.4, -0.2) is 16.5 Å². The predicted octanol–water partition coefficient (Wildman–Crippen LogP) is 2.48. The van der Waals surface area contributed by atoms with Gasteiger partial charge in [0.05, 0.1) is 0 Å². The number of fused-ring (bicyclic) bond motifs is 1. The molecule has 0 unspecified atom stereocenters. The minimum atomic E-state index is 0.780. The smallest absolute Gasteiger partial charge is 0.132 e. The number of rotatable bonds is 2. The summed E-state index contributed by atoms with van der Waals surface area (Å²) in [6.07, 6.45) is 3.74. The topological polar surface area (TPSA) is 37.8 Å². The lowest BCUT2D eigenvalue weighted by Gasteiger charge is -2.16. The van der Waals surface area contributed by atoms with Gasteiger partial charge in [-0.3, -0.25) is 0 Å². The van der Waals surface area contributed by atoms with Crippen LogP contribution in [-0.2, 0) is 19.4 Å². The molecule has 0 saturated heterocycles. The first kappa shape index (κ1) is 11.8. The molecule has 92 valence electrons. The lowest BCUT2D eigenvalue weighted by Crippen LogP contribution is -2.25. The van der Waals surface area contributed by atoms with Crippen LogP contribution in [0.15, 0.2) is 34.9 Å². The van der Waals surface area contributed by atoms with E-state index < -0.39 is 0 Å². The van der Waals surface area contributed by atoms with E-state index in [1.807, 2.05) is 18.3 Å². The van der Waals surface area contributed by atoms with Gasteiger partial charge in [-0.15, -0.1) is 0 Å². The van der Waals surface area contributed by atoms with Crippen molar-refractivity contribution in [3.63, 3.8) is 0 Å². The molecule has 0 atom stereocenters. The summed E-state index contributed by atoms with van der Waals surface area (Å²) >= 11 is 3.56. The zero-order valence-corrected chi connectivity index (χ0v) is 11.6. The summed E-state index contributed by atoms with van der Waals surface area (Å²) in [7, 11) is 0. The molecule has 4 heteroatoms. The highest BCUT2D eigenvalue weighted by atomic mass is 79.9. The molecule has 1 aliphatic heterocycles. The number of hydrogen-bond donors (Lipinski definition) is 1. The molecule has 2 aromatic rings. The Bertz CT molecular complexity index is 569. The predicted molar refractivity (Wildman–Crippen MR) is 74.4 cm³/mol. The summed E-state index contributed by atoms with van der Waals surface area (Å²) in [6.45, 7) is 1.91. The fourth-order valence-electron chi connectivity index (χ4n) is 2.17. The molecule has 3 rings (SSSR count). The number of benzene rings is 1. The van der Waals surface area contributed by atoms with E-state index in [-0.39, 0.29) is 0 Å². The van der Waals surface area contributed by atoms with Gasteiger partial charge in [0.2, 0.25) is 0 Å². The molecule has 18 heavy (non-hydrogen) atoms. The molecule has 0 aliphatic carbocycles. The van der Waals surface area contributed by atoms with E-state index in [0.29, 0.717) is 0 Å². The number of hydrogen-bond acceptors (Lipinski definition) is 3. The van der Waals surface area contributed by atoms with Gasteiger partial charge >= 0.3 is 0 Å². The molecular formula is C14H14BrN3. The van der Waals surface area contributed by atoms with Crippen molar-refractivity contribution in [2.45, 2.75) is 19.4 Å². The van der Waals surface area contributed by atoms with Crippen molar-refractivity contribution in [3.05, 3.63) is 57.6 Å². The Kier molecular flexibility index (Phi) is 3.39. The molecule has 0 fully saturated rings. The minimum absolute atomic E-state index is 0.780. The highest BCUT2D eigenvalue weighted by molar-refractivity contribution is 9.10. The third kappa shape index (κ3) is 2.44. The second-order valence-electron chi connectivity index (χ2n) is 4.45. The molecule has 3 nitrogen and oxygen atoms in total. The number of halogens is 1. The fourth-order valence-corrected chi connectivity index (χ4v) is 2.60. The van der Waals surface area contributed by atoms with Crippen LogP contribution in [0.2, 0.25) is 0 Å². The quantitative estimate of drug-likeness (QED) is 0.926. The normalized spacial score (nSPS) is 14.3. The van der Waals surface area contributed by atoms with Gasteiger partial charge in [-0.2, -0.15) is 0 Å². The average Bonchev–Trinajstić information content (AvgIpc) is 2.41.